The van der Waals surface area contributed by atoms with E-state index in [-0.39, 0.29) is 34.2 Å². The third kappa shape index (κ3) is 5.41. The molecule has 39 heavy (non-hydrogen) atoms. The largest absolute Gasteiger partial charge is 0.493 e. The van der Waals surface area contributed by atoms with E-state index in [0.29, 0.717) is 23.7 Å². The molecule has 2 N–H and O–H groups in total. The van der Waals surface area contributed by atoms with Gasteiger partial charge in [-0.2, -0.15) is 23.5 Å². The van der Waals surface area contributed by atoms with E-state index < -0.39 is 38.7 Å². The number of alkyl halides is 3. The van der Waals surface area contributed by atoms with Crippen LogP contribution in [-0.4, -0.2) is 39.8 Å². The number of anilines is 1. The normalized spacial score (nSPS) is 11.9. The van der Waals surface area contributed by atoms with Crippen molar-refractivity contribution in [2.24, 2.45) is 7.05 Å². The number of halogens is 3. The lowest BCUT2D eigenvalue weighted by Gasteiger charge is -2.14. The Morgan fingerprint density at radius 1 is 1.23 bits per heavy atom. The number of ether oxygens (including phenoxy) is 1. The highest BCUT2D eigenvalue weighted by Gasteiger charge is 2.35. The number of pyridine rings is 1. The SMILES string of the molecule is CCCc1nn(C)c2c(=O)[nH]c(-c3cc(S(=O)(=O)Nc4cnc(C#N)c(C(F)(F)F)c4)ccc3OCC)nc12. The molecule has 0 spiro atoms. The van der Waals surface area contributed by atoms with Crippen molar-refractivity contribution in [2.45, 2.75) is 37.8 Å². The Balaban J connectivity index is 1.83. The molecule has 0 bridgehead atoms. The van der Waals surface area contributed by atoms with Crippen molar-refractivity contribution in [3.05, 3.63) is 57.8 Å². The number of fused-ring (bicyclic) bond motifs is 1. The van der Waals surface area contributed by atoms with Gasteiger partial charge >= 0.3 is 6.18 Å². The summed E-state index contributed by atoms with van der Waals surface area (Å²) in [5.74, 6) is 0.247. The molecule has 1 aromatic carbocycles. The molecule has 0 fully saturated rings. The third-order valence-electron chi connectivity index (χ3n) is 5.62. The van der Waals surface area contributed by atoms with Crippen LogP contribution in [0.25, 0.3) is 22.4 Å². The number of hydrogen-bond acceptors (Lipinski definition) is 8. The van der Waals surface area contributed by atoms with Crippen LogP contribution >= 0.6 is 0 Å². The highest BCUT2D eigenvalue weighted by molar-refractivity contribution is 7.92. The number of aromatic amines is 1. The van der Waals surface area contributed by atoms with Gasteiger partial charge in [-0.3, -0.25) is 14.2 Å². The van der Waals surface area contributed by atoms with Crippen molar-refractivity contribution in [1.29, 1.82) is 5.26 Å². The number of aryl methyl sites for hydroxylation is 2. The molecule has 0 radical (unpaired) electrons. The van der Waals surface area contributed by atoms with Crippen molar-refractivity contribution in [3.8, 4) is 23.2 Å². The summed E-state index contributed by atoms with van der Waals surface area (Å²) >= 11 is 0. The van der Waals surface area contributed by atoms with E-state index >= 15 is 0 Å². The molecule has 4 aromatic rings. The van der Waals surface area contributed by atoms with Crippen molar-refractivity contribution >= 4 is 26.7 Å². The molecular weight excluding hydrogens is 539 g/mol. The first-order valence-electron chi connectivity index (χ1n) is 11.6. The lowest BCUT2D eigenvalue weighted by Crippen LogP contribution is -2.16. The number of nitrogens with zero attached hydrogens (tertiary/aromatic N) is 5. The van der Waals surface area contributed by atoms with Gasteiger partial charge < -0.3 is 9.72 Å². The average molecular weight is 562 g/mol. The third-order valence-corrected chi connectivity index (χ3v) is 7.00. The summed E-state index contributed by atoms with van der Waals surface area (Å²) in [5.41, 5.74) is -1.92. The molecule has 0 amide bonds. The second-order valence-corrected chi connectivity index (χ2v) is 10.0. The standard InChI is InChI=1S/C24H22F3N7O4S/c1-4-6-17-20-21(34(3)32-17)23(35)31-22(30-20)15-10-14(7-8-19(15)38-5-2)39(36,37)33-13-9-16(24(25,26)27)18(11-28)29-12-13/h7-10,12,33H,4-6H2,1-3H3,(H,30,31,35). The first kappa shape index (κ1) is 27.6. The van der Waals surface area contributed by atoms with Gasteiger partial charge in [-0.15, -0.1) is 0 Å². The molecule has 204 valence electrons. The van der Waals surface area contributed by atoms with E-state index in [0.717, 1.165) is 12.6 Å². The maximum atomic E-state index is 13.3. The second-order valence-electron chi connectivity index (χ2n) is 8.36. The van der Waals surface area contributed by atoms with Gasteiger partial charge in [-0.25, -0.2) is 18.4 Å². The van der Waals surface area contributed by atoms with Gasteiger partial charge in [-0.05, 0) is 37.6 Å². The predicted molar refractivity (Wildman–Crippen MR) is 134 cm³/mol. The topological polar surface area (TPSA) is 156 Å². The Hall–Kier alpha value is -4.45. The first-order chi connectivity index (χ1) is 18.4. The fourth-order valence-electron chi connectivity index (χ4n) is 3.96. The zero-order chi connectivity index (χ0) is 28.5. The molecule has 0 aliphatic carbocycles. The Bertz CT molecular complexity index is 1770. The van der Waals surface area contributed by atoms with Crippen molar-refractivity contribution < 1.29 is 26.3 Å². The fraction of sp³-hybridized carbons (Fsp3) is 0.292. The number of nitrogens with one attached hydrogen (secondary N) is 2. The van der Waals surface area contributed by atoms with Crippen LogP contribution < -0.4 is 15.0 Å². The van der Waals surface area contributed by atoms with Crippen LogP contribution in [0.3, 0.4) is 0 Å². The Kier molecular flexibility index (Phi) is 7.33. The number of rotatable bonds is 8. The number of hydrogen-bond donors (Lipinski definition) is 2. The van der Waals surface area contributed by atoms with E-state index in [1.165, 1.54) is 29.0 Å². The van der Waals surface area contributed by atoms with Crippen LogP contribution in [0.1, 0.15) is 37.2 Å². The van der Waals surface area contributed by atoms with Gasteiger partial charge in [-0.1, -0.05) is 13.3 Å². The molecule has 15 heteroatoms. The lowest BCUT2D eigenvalue weighted by atomic mass is 10.1. The van der Waals surface area contributed by atoms with Crippen LogP contribution in [0.15, 0.2) is 40.2 Å². The van der Waals surface area contributed by atoms with Crippen molar-refractivity contribution in [2.75, 3.05) is 11.3 Å². The minimum Gasteiger partial charge on any atom is -0.493 e. The van der Waals surface area contributed by atoms with E-state index in [1.807, 2.05) is 6.92 Å². The minimum atomic E-state index is -4.93. The molecule has 4 rings (SSSR count). The number of benzene rings is 1. The van der Waals surface area contributed by atoms with Crippen LogP contribution in [0, 0.1) is 11.3 Å². The molecule has 0 aliphatic heterocycles. The zero-order valence-corrected chi connectivity index (χ0v) is 21.7. The lowest BCUT2D eigenvalue weighted by molar-refractivity contribution is -0.138. The number of nitriles is 1. The monoisotopic (exact) mass is 561 g/mol. The molecule has 0 saturated carbocycles. The molecule has 0 unspecified atom stereocenters. The van der Waals surface area contributed by atoms with E-state index in [1.54, 1.807) is 14.0 Å². The molecular formula is C24H22F3N7O4S. The van der Waals surface area contributed by atoms with Gasteiger partial charge in [0.15, 0.2) is 11.2 Å². The summed E-state index contributed by atoms with van der Waals surface area (Å²) in [4.78, 5) is 23.2. The second kappa shape index (κ2) is 10.4. The van der Waals surface area contributed by atoms with Gasteiger partial charge in [0.2, 0.25) is 0 Å². The van der Waals surface area contributed by atoms with Gasteiger partial charge in [0.1, 0.15) is 23.2 Å². The highest BCUT2D eigenvalue weighted by Crippen LogP contribution is 2.34. The Morgan fingerprint density at radius 3 is 2.62 bits per heavy atom. The predicted octanol–water partition coefficient (Wildman–Crippen LogP) is 3.76. The van der Waals surface area contributed by atoms with Gasteiger partial charge in [0.25, 0.3) is 15.6 Å². The summed E-state index contributed by atoms with van der Waals surface area (Å²) < 4.78 is 75.4. The molecule has 0 aliphatic rings. The van der Waals surface area contributed by atoms with E-state index in [9.17, 15) is 26.4 Å². The molecule has 11 nitrogen and oxygen atoms in total. The molecule has 3 aromatic heterocycles. The van der Waals surface area contributed by atoms with Crippen LogP contribution in [0.5, 0.6) is 5.75 Å². The number of aromatic nitrogens is 5. The molecule has 3 heterocycles. The molecule has 0 atom stereocenters. The smallest absolute Gasteiger partial charge is 0.419 e. The average Bonchev–Trinajstić information content (AvgIpc) is 3.19. The van der Waals surface area contributed by atoms with Crippen LogP contribution in [-0.2, 0) is 29.7 Å². The van der Waals surface area contributed by atoms with Gasteiger partial charge in [0, 0.05) is 7.05 Å². The Morgan fingerprint density at radius 2 is 1.97 bits per heavy atom. The summed E-state index contributed by atoms with van der Waals surface area (Å²) in [7, 11) is -2.84. The summed E-state index contributed by atoms with van der Waals surface area (Å²) in [6.45, 7) is 3.88. The van der Waals surface area contributed by atoms with Crippen molar-refractivity contribution in [3.63, 3.8) is 0 Å². The van der Waals surface area contributed by atoms with Gasteiger partial charge in [0.05, 0.1) is 40.2 Å². The summed E-state index contributed by atoms with van der Waals surface area (Å²) in [5, 5.41) is 13.3. The van der Waals surface area contributed by atoms with Crippen LogP contribution in [0.4, 0.5) is 18.9 Å². The maximum absolute atomic E-state index is 13.3. The Labute approximate surface area is 220 Å². The number of sulfonamides is 1. The molecule has 0 saturated heterocycles. The quantitative estimate of drug-likeness (QED) is 0.329. The van der Waals surface area contributed by atoms with E-state index in [2.05, 4.69) is 24.8 Å². The minimum absolute atomic E-state index is 0.0257. The zero-order valence-electron chi connectivity index (χ0n) is 20.9. The summed E-state index contributed by atoms with van der Waals surface area (Å²) in [6.07, 6.45) is -2.81. The highest BCUT2D eigenvalue weighted by atomic mass is 32.2. The maximum Gasteiger partial charge on any atom is 0.419 e. The number of H-pyrrole nitrogens is 1. The van der Waals surface area contributed by atoms with Crippen molar-refractivity contribution in [1.82, 2.24) is 24.7 Å². The van der Waals surface area contributed by atoms with Crippen LogP contribution in [0.2, 0.25) is 0 Å². The first-order valence-corrected chi connectivity index (χ1v) is 13.1. The fourth-order valence-corrected chi connectivity index (χ4v) is 5.02. The summed E-state index contributed by atoms with van der Waals surface area (Å²) in [6, 6.07) is 5.56. The van der Waals surface area contributed by atoms with E-state index in [4.69, 9.17) is 10.00 Å².